The molecule has 1 unspecified atom stereocenters. The number of amides is 1. The average Bonchev–Trinajstić information content (AvgIpc) is 2.76. The highest BCUT2D eigenvalue weighted by Gasteiger charge is 2.21. The second-order valence-electron chi connectivity index (χ2n) is 5.09. The van der Waals surface area contributed by atoms with Gasteiger partial charge in [-0.05, 0) is 25.3 Å². The molecular formula is C12H21ClN4OS. The lowest BCUT2D eigenvalue weighted by molar-refractivity contribution is -0.118. The number of rotatable bonds is 4. The molecule has 0 aliphatic carbocycles. The Labute approximate surface area is 124 Å². The summed E-state index contributed by atoms with van der Waals surface area (Å²) in [6, 6.07) is -0.0730. The molecule has 0 bridgehead atoms. The Hall–Kier alpha value is -0.720. The summed E-state index contributed by atoms with van der Waals surface area (Å²) in [5, 5.41) is 15.8. The Morgan fingerprint density at radius 3 is 2.89 bits per heavy atom. The van der Waals surface area contributed by atoms with E-state index in [1.165, 1.54) is 11.3 Å². The summed E-state index contributed by atoms with van der Waals surface area (Å²) in [7, 11) is 0. The quantitative estimate of drug-likeness (QED) is 0.895. The molecule has 1 aliphatic heterocycles. The minimum Gasteiger partial charge on any atom is -0.306 e. The van der Waals surface area contributed by atoms with E-state index in [-0.39, 0.29) is 24.4 Å². The normalized spacial score (nSPS) is 19.0. The molecule has 2 rings (SSSR count). The molecule has 5 nitrogen and oxygen atoms in total. The number of aromatic nitrogens is 2. The first kappa shape index (κ1) is 16.3. The lowest BCUT2D eigenvalue weighted by Gasteiger charge is -2.21. The van der Waals surface area contributed by atoms with E-state index in [9.17, 15) is 4.79 Å². The molecule has 108 valence electrons. The van der Waals surface area contributed by atoms with Crippen molar-refractivity contribution in [3.05, 3.63) is 5.01 Å². The van der Waals surface area contributed by atoms with E-state index in [1.807, 2.05) is 0 Å². The van der Waals surface area contributed by atoms with Gasteiger partial charge in [-0.2, -0.15) is 0 Å². The number of hydrogen-bond acceptors (Lipinski definition) is 5. The van der Waals surface area contributed by atoms with Crippen molar-refractivity contribution in [1.82, 2.24) is 15.5 Å². The molecule has 2 heterocycles. The standard InChI is InChI=1S/C12H20N4OS.ClH/c1-8(2)7-10-15-16-12(18-10)14-11(17)9-5-3-4-6-13-9;/h8-9,13H,3-7H2,1-2H3,(H,14,16,17);1H. The van der Waals surface area contributed by atoms with Gasteiger partial charge in [0.1, 0.15) is 5.01 Å². The zero-order valence-electron chi connectivity index (χ0n) is 11.3. The van der Waals surface area contributed by atoms with E-state index in [0.29, 0.717) is 11.0 Å². The predicted octanol–water partition coefficient (Wildman–Crippen LogP) is 2.24. The molecule has 0 spiro atoms. The highest BCUT2D eigenvalue weighted by atomic mass is 35.5. The van der Waals surface area contributed by atoms with Gasteiger partial charge in [-0.1, -0.05) is 31.6 Å². The molecule has 1 aliphatic rings. The fourth-order valence-corrected chi connectivity index (χ4v) is 2.96. The number of nitrogens with one attached hydrogen (secondary N) is 2. The van der Waals surface area contributed by atoms with Gasteiger partial charge >= 0.3 is 0 Å². The molecule has 1 aromatic heterocycles. The second-order valence-corrected chi connectivity index (χ2v) is 6.15. The first-order valence-electron chi connectivity index (χ1n) is 6.52. The monoisotopic (exact) mass is 304 g/mol. The SMILES string of the molecule is CC(C)Cc1nnc(NC(=O)C2CCCCN2)s1.Cl. The van der Waals surface area contributed by atoms with E-state index in [0.717, 1.165) is 37.2 Å². The van der Waals surface area contributed by atoms with E-state index >= 15 is 0 Å². The zero-order chi connectivity index (χ0) is 13.0. The minimum atomic E-state index is -0.0730. The second kappa shape index (κ2) is 7.77. The van der Waals surface area contributed by atoms with Gasteiger partial charge in [0.25, 0.3) is 0 Å². The van der Waals surface area contributed by atoms with Crippen LogP contribution in [0.5, 0.6) is 0 Å². The molecule has 1 atom stereocenters. The fourth-order valence-electron chi connectivity index (χ4n) is 2.00. The molecule has 0 radical (unpaired) electrons. The summed E-state index contributed by atoms with van der Waals surface area (Å²) in [6.07, 6.45) is 4.08. The third-order valence-electron chi connectivity index (χ3n) is 2.91. The molecule has 1 aromatic rings. The van der Waals surface area contributed by atoms with Crippen LogP contribution in [-0.2, 0) is 11.2 Å². The summed E-state index contributed by atoms with van der Waals surface area (Å²) in [5.41, 5.74) is 0. The van der Waals surface area contributed by atoms with E-state index < -0.39 is 0 Å². The van der Waals surface area contributed by atoms with Gasteiger partial charge in [0, 0.05) is 6.42 Å². The molecule has 1 saturated heterocycles. The van der Waals surface area contributed by atoms with Gasteiger partial charge in [-0.3, -0.25) is 10.1 Å². The number of carbonyl (C=O) groups excluding carboxylic acids is 1. The van der Waals surface area contributed by atoms with Gasteiger partial charge < -0.3 is 5.32 Å². The lowest BCUT2D eigenvalue weighted by atomic mass is 10.0. The number of anilines is 1. The third kappa shape index (κ3) is 5.04. The van der Waals surface area contributed by atoms with Crippen molar-refractivity contribution < 1.29 is 4.79 Å². The van der Waals surface area contributed by atoms with Crippen LogP contribution in [0, 0.1) is 5.92 Å². The Morgan fingerprint density at radius 2 is 2.26 bits per heavy atom. The maximum Gasteiger partial charge on any atom is 0.243 e. The van der Waals surface area contributed by atoms with E-state index in [1.54, 1.807) is 0 Å². The lowest BCUT2D eigenvalue weighted by Crippen LogP contribution is -2.43. The number of halogens is 1. The highest BCUT2D eigenvalue weighted by Crippen LogP contribution is 2.19. The number of hydrogen-bond donors (Lipinski definition) is 2. The Kier molecular flexibility index (Phi) is 6.68. The van der Waals surface area contributed by atoms with Gasteiger partial charge in [0.2, 0.25) is 11.0 Å². The van der Waals surface area contributed by atoms with Crippen LogP contribution in [0.4, 0.5) is 5.13 Å². The zero-order valence-corrected chi connectivity index (χ0v) is 12.9. The van der Waals surface area contributed by atoms with Crippen LogP contribution >= 0.6 is 23.7 Å². The van der Waals surface area contributed by atoms with Crippen molar-refractivity contribution in [3.63, 3.8) is 0 Å². The van der Waals surface area contributed by atoms with Crippen molar-refractivity contribution in [1.29, 1.82) is 0 Å². The van der Waals surface area contributed by atoms with Crippen LogP contribution in [-0.4, -0.2) is 28.7 Å². The van der Waals surface area contributed by atoms with Crippen LogP contribution in [0.1, 0.15) is 38.1 Å². The van der Waals surface area contributed by atoms with Crippen molar-refractivity contribution in [3.8, 4) is 0 Å². The van der Waals surface area contributed by atoms with Gasteiger partial charge in [-0.25, -0.2) is 0 Å². The number of piperidine rings is 1. The van der Waals surface area contributed by atoms with E-state index in [4.69, 9.17) is 0 Å². The van der Waals surface area contributed by atoms with Crippen LogP contribution in [0.3, 0.4) is 0 Å². The molecule has 19 heavy (non-hydrogen) atoms. The summed E-state index contributed by atoms with van der Waals surface area (Å²) >= 11 is 1.47. The van der Waals surface area contributed by atoms with Crippen molar-refractivity contribution in [2.75, 3.05) is 11.9 Å². The molecule has 0 aromatic carbocycles. The maximum atomic E-state index is 12.0. The minimum absolute atomic E-state index is 0. The topological polar surface area (TPSA) is 66.9 Å². The molecule has 1 fully saturated rings. The van der Waals surface area contributed by atoms with Gasteiger partial charge in [0.05, 0.1) is 6.04 Å². The predicted molar refractivity (Wildman–Crippen MR) is 80.0 cm³/mol. The molecule has 1 amide bonds. The molecule has 0 saturated carbocycles. The third-order valence-corrected chi connectivity index (χ3v) is 3.77. The molecular weight excluding hydrogens is 284 g/mol. The highest BCUT2D eigenvalue weighted by molar-refractivity contribution is 7.15. The summed E-state index contributed by atoms with van der Waals surface area (Å²) in [6.45, 7) is 5.21. The smallest absolute Gasteiger partial charge is 0.243 e. The summed E-state index contributed by atoms with van der Waals surface area (Å²) < 4.78 is 0. The van der Waals surface area contributed by atoms with E-state index in [2.05, 4.69) is 34.7 Å². The van der Waals surface area contributed by atoms with Gasteiger partial charge in [-0.15, -0.1) is 22.6 Å². The summed E-state index contributed by atoms with van der Waals surface area (Å²) in [4.78, 5) is 12.0. The van der Waals surface area contributed by atoms with Gasteiger partial charge in [0.15, 0.2) is 0 Å². The molecule has 2 N–H and O–H groups in total. The first-order chi connectivity index (χ1) is 8.65. The Morgan fingerprint density at radius 1 is 1.47 bits per heavy atom. The number of nitrogens with zero attached hydrogens (tertiary/aromatic N) is 2. The van der Waals surface area contributed by atoms with Crippen LogP contribution < -0.4 is 10.6 Å². The van der Waals surface area contributed by atoms with Crippen molar-refractivity contribution in [2.45, 2.75) is 45.6 Å². The Bertz CT molecular complexity index is 404. The number of carbonyl (C=O) groups is 1. The average molecular weight is 305 g/mol. The molecule has 7 heteroatoms. The maximum absolute atomic E-state index is 12.0. The van der Waals surface area contributed by atoms with Crippen LogP contribution in [0.25, 0.3) is 0 Å². The first-order valence-corrected chi connectivity index (χ1v) is 7.33. The van der Waals surface area contributed by atoms with Crippen LogP contribution in [0.2, 0.25) is 0 Å². The van der Waals surface area contributed by atoms with Crippen LogP contribution in [0.15, 0.2) is 0 Å². The Balaban J connectivity index is 0.00000180. The fraction of sp³-hybridized carbons (Fsp3) is 0.750. The van der Waals surface area contributed by atoms with Crippen molar-refractivity contribution in [2.24, 2.45) is 5.92 Å². The van der Waals surface area contributed by atoms with Crippen molar-refractivity contribution >= 4 is 34.8 Å². The largest absolute Gasteiger partial charge is 0.306 e. The summed E-state index contributed by atoms with van der Waals surface area (Å²) in [5.74, 6) is 0.573.